The maximum absolute atomic E-state index is 12.4. The van der Waals surface area contributed by atoms with Crippen molar-refractivity contribution in [1.82, 2.24) is 15.2 Å². The van der Waals surface area contributed by atoms with Gasteiger partial charge in [0.2, 0.25) is 0 Å². The van der Waals surface area contributed by atoms with Gasteiger partial charge in [-0.25, -0.2) is 4.98 Å². The van der Waals surface area contributed by atoms with E-state index in [1.807, 2.05) is 23.1 Å². The van der Waals surface area contributed by atoms with E-state index in [9.17, 15) is 9.59 Å². The van der Waals surface area contributed by atoms with Gasteiger partial charge in [-0.3, -0.25) is 9.59 Å². The van der Waals surface area contributed by atoms with Gasteiger partial charge >= 0.3 is 0 Å². The highest BCUT2D eigenvalue weighted by atomic mass is 32.1. The number of rotatable bonds is 1. The van der Waals surface area contributed by atoms with Gasteiger partial charge in [0.1, 0.15) is 17.0 Å². The van der Waals surface area contributed by atoms with E-state index >= 15 is 0 Å². The summed E-state index contributed by atoms with van der Waals surface area (Å²) in [5.74, 6) is 0.472. The van der Waals surface area contributed by atoms with Crippen molar-refractivity contribution in [3.63, 3.8) is 0 Å². The Hall–Kier alpha value is -2.41. The fraction of sp³-hybridized carbons (Fsp3) is 0.353. The number of nitrogens with zero attached hydrogens (tertiary/aromatic N) is 2. The number of aromatic nitrogens is 1. The van der Waals surface area contributed by atoms with Crippen molar-refractivity contribution in [3.05, 3.63) is 46.4 Å². The van der Waals surface area contributed by atoms with E-state index in [1.54, 1.807) is 17.0 Å². The zero-order valence-corrected chi connectivity index (χ0v) is 13.8. The Morgan fingerprint density at radius 1 is 1.29 bits per heavy atom. The molecule has 2 aliphatic heterocycles. The smallest absolute Gasteiger partial charge is 0.273 e. The molecular formula is C17H17N3O3S. The number of fused-ring (bicyclic) bond motifs is 1. The molecule has 1 spiro atoms. The minimum Gasteiger partial charge on any atom is -0.484 e. The molecule has 0 atom stereocenters. The molecule has 0 unspecified atom stereocenters. The summed E-state index contributed by atoms with van der Waals surface area (Å²) in [5, 5.41) is 4.72. The average Bonchev–Trinajstić information content (AvgIpc) is 3.11. The Morgan fingerprint density at radius 3 is 2.83 bits per heavy atom. The quantitative estimate of drug-likeness (QED) is 0.859. The SMILES string of the molecule is O=C1NCC2(CCN(C(=O)c3cscn3)CC2)Oc2ccccc21. The number of carbonyl (C=O) groups excluding carboxylic acids is 2. The zero-order valence-electron chi connectivity index (χ0n) is 13.0. The fourth-order valence-electron chi connectivity index (χ4n) is 3.23. The molecule has 1 N–H and O–H groups in total. The molecule has 1 aromatic carbocycles. The normalized spacial score (nSPS) is 19.2. The van der Waals surface area contributed by atoms with Crippen molar-refractivity contribution in [2.75, 3.05) is 19.6 Å². The molecule has 2 aliphatic rings. The van der Waals surface area contributed by atoms with Crippen LogP contribution in [-0.4, -0.2) is 46.9 Å². The third-order valence-electron chi connectivity index (χ3n) is 4.64. The fourth-order valence-corrected chi connectivity index (χ4v) is 3.75. The molecule has 0 bridgehead atoms. The highest BCUT2D eigenvalue weighted by Crippen LogP contribution is 2.33. The molecule has 6 nitrogen and oxygen atoms in total. The van der Waals surface area contributed by atoms with Gasteiger partial charge in [-0.1, -0.05) is 12.1 Å². The predicted molar refractivity (Wildman–Crippen MR) is 89.4 cm³/mol. The second kappa shape index (κ2) is 5.90. The second-order valence-electron chi connectivity index (χ2n) is 6.13. The number of carbonyl (C=O) groups is 2. The number of likely N-dealkylation sites (tertiary alicyclic amines) is 1. The van der Waals surface area contributed by atoms with Gasteiger partial charge in [-0.2, -0.15) is 0 Å². The molecule has 2 aromatic rings. The van der Waals surface area contributed by atoms with Gasteiger partial charge in [0.05, 0.1) is 17.6 Å². The number of hydrogen-bond donors (Lipinski definition) is 1. The van der Waals surface area contributed by atoms with Gasteiger partial charge in [0.15, 0.2) is 0 Å². The number of amides is 2. The lowest BCUT2D eigenvalue weighted by atomic mass is 9.90. The van der Waals surface area contributed by atoms with Crippen LogP contribution in [0.15, 0.2) is 35.2 Å². The number of piperidine rings is 1. The Balaban J connectivity index is 1.51. The van der Waals surface area contributed by atoms with E-state index in [1.165, 1.54) is 11.3 Å². The van der Waals surface area contributed by atoms with Crippen LogP contribution in [0.1, 0.15) is 33.7 Å². The summed E-state index contributed by atoms with van der Waals surface area (Å²) in [5.41, 5.74) is 2.27. The first-order chi connectivity index (χ1) is 11.7. The maximum Gasteiger partial charge on any atom is 0.273 e. The summed E-state index contributed by atoms with van der Waals surface area (Å²) in [7, 11) is 0. The van der Waals surface area contributed by atoms with E-state index < -0.39 is 5.60 Å². The van der Waals surface area contributed by atoms with Gasteiger partial charge in [0.25, 0.3) is 11.8 Å². The maximum atomic E-state index is 12.4. The Labute approximate surface area is 143 Å². The van der Waals surface area contributed by atoms with E-state index in [0.717, 1.165) is 0 Å². The highest BCUT2D eigenvalue weighted by Gasteiger charge is 2.41. The number of thiazole rings is 1. The van der Waals surface area contributed by atoms with Crippen molar-refractivity contribution in [2.24, 2.45) is 0 Å². The number of nitrogens with one attached hydrogen (secondary N) is 1. The molecule has 124 valence electrons. The second-order valence-corrected chi connectivity index (χ2v) is 6.85. The minimum absolute atomic E-state index is 0.0378. The summed E-state index contributed by atoms with van der Waals surface area (Å²) < 4.78 is 6.24. The molecule has 0 saturated carbocycles. The molecule has 2 amide bonds. The van der Waals surface area contributed by atoms with Crippen LogP contribution in [0.3, 0.4) is 0 Å². The van der Waals surface area contributed by atoms with Crippen molar-refractivity contribution >= 4 is 23.2 Å². The van der Waals surface area contributed by atoms with E-state index in [4.69, 9.17) is 4.74 Å². The summed E-state index contributed by atoms with van der Waals surface area (Å²) in [6.07, 6.45) is 1.36. The van der Waals surface area contributed by atoms with E-state index in [2.05, 4.69) is 10.3 Å². The van der Waals surface area contributed by atoms with Gasteiger partial charge in [0, 0.05) is 31.3 Å². The Kier molecular flexibility index (Phi) is 3.72. The number of para-hydroxylation sites is 1. The van der Waals surface area contributed by atoms with Crippen LogP contribution in [0.4, 0.5) is 0 Å². The lowest BCUT2D eigenvalue weighted by Crippen LogP contribution is -2.54. The van der Waals surface area contributed by atoms with Crippen molar-refractivity contribution in [2.45, 2.75) is 18.4 Å². The van der Waals surface area contributed by atoms with Crippen LogP contribution in [0.2, 0.25) is 0 Å². The molecule has 1 aromatic heterocycles. The minimum atomic E-state index is -0.457. The lowest BCUT2D eigenvalue weighted by Gasteiger charge is -2.40. The van der Waals surface area contributed by atoms with Crippen molar-refractivity contribution in [1.29, 1.82) is 0 Å². The molecule has 3 heterocycles. The van der Waals surface area contributed by atoms with E-state index in [-0.39, 0.29) is 11.8 Å². The first kappa shape index (κ1) is 15.1. The number of benzene rings is 1. The van der Waals surface area contributed by atoms with Crippen LogP contribution < -0.4 is 10.1 Å². The van der Waals surface area contributed by atoms with Crippen LogP contribution in [0.5, 0.6) is 5.75 Å². The zero-order chi connectivity index (χ0) is 16.6. The standard InChI is InChI=1S/C17H17N3O3S/c21-15-12-3-1-2-4-14(12)23-17(10-18-15)5-7-20(8-6-17)16(22)13-9-24-11-19-13/h1-4,9,11H,5-8,10H2,(H,18,21). The summed E-state index contributed by atoms with van der Waals surface area (Å²) >= 11 is 1.42. The average molecular weight is 343 g/mol. The summed E-state index contributed by atoms with van der Waals surface area (Å²) in [4.78, 5) is 30.5. The van der Waals surface area contributed by atoms with Gasteiger partial charge in [-0.05, 0) is 12.1 Å². The van der Waals surface area contributed by atoms with Crippen LogP contribution in [0.25, 0.3) is 0 Å². The van der Waals surface area contributed by atoms with Gasteiger partial charge in [-0.15, -0.1) is 11.3 Å². The molecule has 0 aliphatic carbocycles. The van der Waals surface area contributed by atoms with Crippen molar-refractivity contribution < 1.29 is 14.3 Å². The molecule has 7 heteroatoms. The number of ether oxygens (including phenoxy) is 1. The topological polar surface area (TPSA) is 71.5 Å². The number of hydrogen-bond acceptors (Lipinski definition) is 5. The lowest BCUT2D eigenvalue weighted by molar-refractivity contribution is 0.00754. The molecule has 4 rings (SSSR count). The van der Waals surface area contributed by atoms with Crippen LogP contribution >= 0.6 is 11.3 Å². The molecule has 1 saturated heterocycles. The Bertz CT molecular complexity index is 767. The third kappa shape index (κ3) is 2.65. The molecule has 1 fully saturated rings. The third-order valence-corrected chi connectivity index (χ3v) is 5.23. The Morgan fingerprint density at radius 2 is 2.08 bits per heavy atom. The van der Waals surface area contributed by atoms with E-state index in [0.29, 0.717) is 49.5 Å². The van der Waals surface area contributed by atoms with Crippen LogP contribution in [-0.2, 0) is 0 Å². The van der Waals surface area contributed by atoms with Gasteiger partial charge < -0.3 is 15.0 Å². The molecular weight excluding hydrogens is 326 g/mol. The monoisotopic (exact) mass is 343 g/mol. The molecule has 0 radical (unpaired) electrons. The predicted octanol–water partition coefficient (Wildman–Crippen LogP) is 1.94. The highest BCUT2D eigenvalue weighted by molar-refractivity contribution is 7.07. The molecule has 24 heavy (non-hydrogen) atoms. The summed E-state index contributed by atoms with van der Waals surface area (Å²) in [6, 6.07) is 7.29. The first-order valence-electron chi connectivity index (χ1n) is 7.91. The first-order valence-corrected chi connectivity index (χ1v) is 8.85. The largest absolute Gasteiger partial charge is 0.484 e. The van der Waals surface area contributed by atoms with Crippen LogP contribution in [0, 0.1) is 0 Å². The summed E-state index contributed by atoms with van der Waals surface area (Å²) in [6.45, 7) is 1.64. The van der Waals surface area contributed by atoms with Crippen molar-refractivity contribution in [3.8, 4) is 5.75 Å².